The van der Waals surface area contributed by atoms with Gasteiger partial charge in [-0.25, -0.2) is 0 Å². The Labute approximate surface area is 120 Å². The Morgan fingerprint density at radius 1 is 0.857 bits per heavy atom. The molecule has 3 aliphatic rings. The van der Waals surface area contributed by atoms with Gasteiger partial charge in [0.2, 0.25) is 0 Å². The van der Waals surface area contributed by atoms with E-state index in [0.29, 0.717) is 0 Å². The van der Waals surface area contributed by atoms with Crippen molar-refractivity contribution in [2.75, 3.05) is 6.61 Å². The van der Waals surface area contributed by atoms with Gasteiger partial charge in [0.25, 0.3) is 0 Å². The summed E-state index contributed by atoms with van der Waals surface area (Å²) in [6.45, 7) is 7.05. The van der Waals surface area contributed by atoms with E-state index in [0.717, 1.165) is 0 Å². The lowest BCUT2D eigenvalue weighted by molar-refractivity contribution is -0.174. The fourth-order valence-electron chi connectivity index (χ4n) is 2.87. The van der Waals surface area contributed by atoms with Crippen LogP contribution in [0, 0.1) is 0 Å². The van der Waals surface area contributed by atoms with Crippen LogP contribution in [-0.4, -0.2) is 54.9 Å². The highest BCUT2D eigenvalue weighted by Crippen LogP contribution is 2.46. The number of alkyl halides is 3. The lowest BCUT2D eigenvalue weighted by atomic mass is 10.0. The minimum atomic E-state index is -4.39. The monoisotopic (exact) mass is 312 g/mol. The quantitative estimate of drug-likeness (QED) is 0.730. The first-order chi connectivity index (χ1) is 9.49. The summed E-state index contributed by atoms with van der Waals surface area (Å²) >= 11 is 0. The summed E-state index contributed by atoms with van der Waals surface area (Å²) in [4.78, 5) is 0. The van der Waals surface area contributed by atoms with Gasteiger partial charge in [-0.2, -0.15) is 13.2 Å². The van der Waals surface area contributed by atoms with Crippen LogP contribution in [0.15, 0.2) is 0 Å². The fourth-order valence-corrected chi connectivity index (χ4v) is 2.87. The van der Waals surface area contributed by atoms with Crippen LogP contribution in [0.1, 0.15) is 27.7 Å². The Balaban J connectivity index is 1.73. The van der Waals surface area contributed by atoms with E-state index in [1.54, 1.807) is 27.7 Å². The molecule has 0 radical (unpaired) electrons. The Kier molecular flexibility index (Phi) is 3.35. The number of hydrogen-bond acceptors (Lipinski definition) is 5. The molecule has 3 rings (SSSR count). The third-order valence-corrected chi connectivity index (χ3v) is 3.73. The maximum atomic E-state index is 12.7. The van der Waals surface area contributed by atoms with Gasteiger partial charge in [0.15, 0.2) is 17.7 Å². The van der Waals surface area contributed by atoms with Crippen LogP contribution >= 0.6 is 0 Å². The van der Waals surface area contributed by atoms with Gasteiger partial charge in [-0.3, -0.25) is 0 Å². The van der Waals surface area contributed by atoms with Crippen LogP contribution in [0.4, 0.5) is 13.2 Å². The van der Waals surface area contributed by atoms with Gasteiger partial charge in [0, 0.05) is 0 Å². The average molecular weight is 312 g/mol. The van der Waals surface area contributed by atoms with Crippen molar-refractivity contribution in [1.82, 2.24) is 0 Å². The van der Waals surface area contributed by atoms with E-state index in [1.165, 1.54) is 0 Å². The molecule has 1 unspecified atom stereocenters. The van der Waals surface area contributed by atoms with Crippen LogP contribution in [-0.2, 0) is 23.7 Å². The van der Waals surface area contributed by atoms with E-state index in [4.69, 9.17) is 23.7 Å². The number of hydrogen-bond donors (Lipinski definition) is 0. The molecular weight excluding hydrogens is 293 g/mol. The predicted molar refractivity (Wildman–Crippen MR) is 63.4 cm³/mol. The van der Waals surface area contributed by atoms with E-state index in [9.17, 15) is 13.2 Å². The molecular formula is C13H19F3O5. The minimum Gasteiger partial charge on any atom is -0.357 e. The zero-order valence-electron chi connectivity index (χ0n) is 12.3. The number of rotatable bonds is 2. The first kappa shape index (κ1) is 15.5. The van der Waals surface area contributed by atoms with Crippen molar-refractivity contribution in [2.45, 2.75) is 76.0 Å². The molecule has 0 aromatic rings. The first-order valence-corrected chi connectivity index (χ1v) is 6.88. The Hall–Kier alpha value is -0.410. The van der Waals surface area contributed by atoms with Crippen molar-refractivity contribution in [3.63, 3.8) is 0 Å². The Bertz CT molecular complexity index is 423. The minimum absolute atomic E-state index is 0.247. The smallest absolute Gasteiger partial charge is 0.357 e. The lowest BCUT2D eigenvalue weighted by Crippen LogP contribution is -2.42. The molecule has 5 atom stereocenters. The maximum Gasteiger partial charge on any atom is 0.417 e. The normalized spacial score (nSPS) is 45.0. The molecule has 3 heterocycles. The van der Waals surface area contributed by atoms with Crippen LogP contribution in [0.2, 0.25) is 0 Å². The average Bonchev–Trinajstić information content (AvgIpc) is 2.94. The predicted octanol–water partition coefficient (Wildman–Crippen LogP) is 1.99. The zero-order valence-corrected chi connectivity index (χ0v) is 12.3. The maximum absolute atomic E-state index is 12.7. The summed E-state index contributed by atoms with van der Waals surface area (Å²) in [5.41, 5.74) is 0. The molecule has 0 N–H and O–H groups in total. The summed E-state index contributed by atoms with van der Waals surface area (Å²) < 4.78 is 65.3. The second-order valence-electron chi connectivity index (χ2n) is 6.49. The molecule has 3 aliphatic heterocycles. The molecule has 0 spiro atoms. The number of epoxide rings is 1. The highest BCUT2D eigenvalue weighted by molar-refractivity contribution is 5.04. The van der Waals surface area contributed by atoms with Crippen molar-refractivity contribution in [1.29, 1.82) is 0 Å². The third-order valence-electron chi connectivity index (χ3n) is 3.73. The van der Waals surface area contributed by atoms with Crippen LogP contribution < -0.4 is 0 Å². The van der Waals surface area contributed by atoms with Crippen LogP contribution in [0.3, 0.4) is 0 Å². The molecule has 3 saturated heterocycles. The van der Waals surface area contributed by atoms with Crippen molar-refractivity contribution >= 4 is 0 Å². The molecule has 0 bridgehead atoms. The summed E-state index contributed by atoms with van der Waals surface area (Å²) in [5.74, 6) is -1.76. The zero-order chi connectivity index (χ0) is 15.6. The molecule has 122 valence electrons. The van der Waals surface area contributed by atoms with Crippen LogP contribution in [0.5, 0.6) is 0 Å². The Morgan fingerprint density at radius 3 is 1.95 bits per heavy atom. The van der Waals surface area contributed by atoms with Crippen molar-refractivity contribution in [3.8, 4) is 0 Å². The second-order valence-corrected chi connectivity index (χ2v) is 6.49. The summed E-state index contributed by atoms with van der Waals surface area (Å²) in [6.07, 6.45) is -9.20. The van der Waals surface area contributed by atoms with Gasteiger partial charge in [0.1, 0.15) is 24.4 Å². The van der Waals surface area contributed by atoms with Gasteiger partial charge < -0.3 is 23.7 Å². The van der Waals surface area contributed by atoms with E-state index in [2.05, 4.69) is 0 Å². The van der Waals surface area contributed by atoms with Gasteiger partial charge in [-0.05, 0) is 27.7 Å². The summed E-state index contributed by atoms with van der Waals surface area (Å²) in [5, 5.41) is 0. The molecule has 0 amide bonds. The number of halogens is 3. The van der Waals surface area contributed by atoms with Gasteiger partial charge in [-0.1, -0.05) is 0 Å². The molecule has 21 heavy (non-hydrogen) atoms. The molecule has 8 heteroatoms. The molecule has 5 nitrogen and oxygen atoms in total. The van der Waals surface area contributed by atoms with Gasteiger partial charge >= 0.3 is 6.18 Å². The topological polar surface area (TPSA) is 49.5 Å². The van der Waals surface area contributed by atoms with Gasteiger partial charge in [0.05, 0.1) is 6.61 Å². The largest absolute Gasteiger partial charge is 0.417 e. The summed E-state index contributed by atoms with van der Waals surface area (Å²) in [6, 6.07) is 0. The van der Waals surface area contributed by atoms with E-state index < -0.39 is 48.3 Å². The van der Waals surface area contributed by atoms with E-state index >= 15 is 0 Å². The fraction of sp³-hybridized carbons (Fsp3) is 1.00. The highest BCUT2D eigenvalue weighted by Gasteiger charge is 2.66. The second kappa shape index (κ2) is 4.55. The molecule has 3 fully saturated rings. The van der Waals surface area contributed by atoms with E-state index in [-0.39, 0.29) is 6.61 Å². The molecule has 0 saturated carbocycles. The van der Waals surface area contributed by atoms with Crippen molar-refractivity contribution < 1.29 is 36.9 Å². The first-order valence-electron chi connectivity index (χ1n) is 6.88. The van der Waals surface area contributed by atoms with E-state index in [1.807, 2.05) is 0 Å². The van der Waals surface area contributed by atoms with Gasteiger partial charge in [-0.15, -0.1) is 0 Å². The van der Waals surface area contributed by atoms with Crippen molar-refractivity contribution in [3.05, 3.63) is 0 Å². The number of ether oxygens (including phenoxy) is 5. The third kappa shape index (κ3) is 3.05. The molecule has 0 aromatic carbocycles. The van der Waals surface area contributed by atoms with Crippen molar-refractivity contribution in [2.24, 2.45) is 0 Å². The Morgan fingerprint density at radius 2 is 1.48 bits per heavy atom. The van der Waals surface area contributed by atoms with Crippen LogP contribution in [0.25, 0.3) is 0 Å². The highest BCUT2D eigenvalue weighted by atomic mass is 19.4. The molecule has 0 aromatic heterocycles. The summed E-state index contributed by atoms with van der Waals surface area (Å²) in [7, 11) is 0. The standard InChI is InChI=1S/C13H19F3O5/c1-11(2)17-5-6(19-11)7-8(21-12(3,4)20-7)9-10(18-9)13(14,15)16/h6-10H,5H2,1-4H3/t6-,7-,8+,9+,10?/m1/s1. The lowest BCUT2D eigenvalue weighted by Gasteiger charge is -2.23. The molecule has 0 aliphatic carbocycles. The SMILES string of the molecule is CC1(C)O[C@H]([C@@H]2OC2C(F)(F)F)[C@@H]([C@H]2COC(C)(C)O2)O1.